The topological polar surface area (TPSA) is 80.3 Å². The Morgan fingerprint density at radius 3 is 2.43 bits per heavy atom. The Morgan fingerprint density at radius 2 is 1.90 bits per heavy atom. The fourth-order valence-corrected chi connectivity index (χ4v) is 4.27. The molecule has 1 atom stereocenters. The predicted molar refractivity (Wildman–Crippen MR) is 82.2 cm³/mol. The molecule has 0 aliphatic heterocycles. The molecule has 1 rings (SSSR count). The molecule has 0 bridgehead atoms. The molecule has 0 heterocycles. The van der Waals surface area contributed by atoms with E-state index in [1.807, 2.05) is 13.2 Å². The van der Waals surface area contributed by atoms with Crippen LogP contribution in [-0.4, -0.2) is 41.6 Å². The largest absolute Gasteiger partial charge is 0.243 e. The van der Waals surface area contributed by atoms with E-state index in [0.29, 0.717) is 0 Å². The van der Waals surface area contributed by atoms with Crippen molar-refractivity contribution in [3.8, 4) is 0 Å². The fourth-order valence-electron chi connectivity index (χ4n) is 1.59. The highest BCUT2D eigenvalue weighted by Crippen LogP contribution is 2.19. The van der Waals surface area contributed by atoms with Crippen LogP contribution in [0, 0.1) is 11.7 Å². The lowest BCUT2D eigenvalue weighted by atomic mass is 10.2. The third kappa shape index (κ3) is 5.24. The minimum absolute atomic E-state index is 0.0796. The van der Waals surface area contributed by atoms with Crippen molar-refractivity contribution in [2.24, 2.45) is 5.92 Å². The molecule has 0 saturated heterocycles. The molecule has 1 aromatic carbocycles. The van der Waals surface area contributed by atoms with Crippen LogP contribution in [0.5, 0.6) is 0 Å². The van der Waals surface area contributed by atoms with Crippen LogP contribution in [0.2, 0.25) is 0 Å². The Morgan fingerprint density at radius 1 is 1.29 bits per heavy atom. The number of benzene rings is 1. The normalized spacial score (nSPS) is 14.1. The molecule has 0 aliphatic carbocycles. The van der Waals surface area contributed by atoms with Gasteiger partial charge in [0, 0.05) is 12.8 Å². The molecule has 1 N–H and O–H groups in total. The van der Waals surface area contributed by atoms with E-state index in [1.165, 1.54) is 0 Å². The zero-order chi connectivity index (χ0) is 16.3. The lowest BCUT2D eigenvalue weighted by molar-refractivity contribution is 0.544. The number of hydrogen-bond donors (Lipinski definition) is 1. The summed E-state index contributed by atoms with van der Waals surface area (Å²) in [7, 11) is -7.69. The molecule has 0 radical (unpaired) electrons. The number of rotatable bonds is 7. The first kappa shape index (κ1) is 18.4. The summed E-state index contributed by atoms with van der Waals surface area (Å²) in [6.45, 7) is 2.02. The number of sulfonamides is 1. The van der Waals surface area contributed by atoms with E-state index in [9.17, 15) is 21.2 Å². The number of hydrogen-bond acceptors (Lipinski definition) is 5. The van der Waals surface area contributed by atoms with Crippen molar-refractivity contribution in [1.82, 2.24) is 4.72 Å². The van der Waals surface area contributed by atoms with Gasteiger partial charge >= 0.3 is 0 Å². The molecule has 1 unspecified atom stereocenters. The molecule has 0 aromatic heterocycles. The van der Waals surface area contributed by atoms with Crippen LogP contribution in [0.3, 0.4) is 0 Å². The SMILES string of the molecule is CSCC(C)CNS(=O)(=O)c1cc(S(C)(=O)=O)ccc1F. The Kier molecular flexibility index (Phi) is 6.21. The molecule has 0 aliphatic rings. The smallest absolute Gasteiger partial charge is 0.224 e. The second kappa shape index (κ2) is 7.08. The van der Waals surface area contributed by atoms with E-state index in [4.69, 9.17) is 0 Å². The molecule has 0 fully saturated rings. The Balaban J connectivity index is 3.08. The maximum Gasteiger partial charge on any atom is 0.243 e. The van der Waals surface area contributed by atoms with Gasteiger partial charge in [-0.2, -0.15) is 11.8 Å². The van der Waals surface area contributed by atoms with Crippen LogP contribution < -0.4 is 4.72 Å². The summed E-state index contributed by atoms with van der Waals surface area (Å²) in [5, 5.41) is 0. The summed E-state index contributed by atoms with van der Waals surface area (Å²) in [5.41, 5.74) is 0. The molecule has 5 nitrogen and oxygen atoms in total. The van der Waals surface area contributed by atoms with Gasteiger partial charge in [-0.25, -0.2) is 25.9 Å². The van der Waals surface area contributed by atoms with Gasteiger partial charge in [0.15, 0.2) is 9.84 Å². The highest BCUT2D eigenvalue weighted by atomic mass is 32.2. The summed E-state index contributed by atoms with van der Waals surface area (Å²) in [4.78, 5) is -0.886. The molecule has 0 saturated carbocycles. The highest BCUT2D eigenvalue weighted by molar-refractivity contribution is 7.98. The zero-order valence-corrected chi connectivity index (χ0v) is 14.4. The van der Waals surface area contributed by atoms with Crippen LogP contribution in [0.1, 0.15) is 6.92 Å². The van der Waals surface area contributed by atoms with Crippen molar-refractivity contribution < 1.29 is 21.2 Å². The van der Waals surface area contributed by atoms with E-state index in [-0.39, 0.29) is 17.4 Å². The monoisotopic (exact) mass is 355 g/mol. The molecule has 21 heavy (non-hydrogen) atoms. The second-order valence-electron chi connectivity index (χ2n) is 4.78. The van der Waals surface area contributed by atoms with Crippen LogP contribution in [0.15, 0.2) is 28.0 Å². The average molecular weight is 355 g/mol. The first-order valence-corrected chi connectivity index (χ1v) is 10.8. The van der Waals surface area contributed by atoms with Crippen molar-refractivity contribution in [3.63, 3.8) is 0 Å². The minimum atomic E-state index is -4.09. The van der Waals surface area contributed by atoms with Gasteiger partial charge in [0.1, 0.15) is 10.7 Å². The Hall–Kier alpha value is -0.640. The number of sulfone groups is 1. The minimum Gasteiger partial charge on any atom is -0.224 e. The lowest BCUT2D eigenvalue weighted by Crippen LogP contribution is -2.30. The highest BCUT2D eigenvalue weighted by Gasteiger charge is 2.22. The van der Waals surface area contributed by atoms with Gasteiger partial charge in [-0.15, -0.1) is 0 Å². The predicted octanol–water partition coefficient (Wildman–Crippen LogP) is 1.51. The molecule has 1 aromatic rings. The molecule has 0 spiro atoms. The first-order valence-electron chi connectivity index (χ1n) is 6.06. The van der Waals surface area contributed by atoms with E-state index >= 15 is 0 Å². The van der Waals surface area contributed by atoms with Crippen LogP contribution >= 0.6 is 11.8 Å². The van der Waals surface area contributed by atoms with Crippen LogP contribution in [-0.2, 0) is 19.9 Å². The van der Waals surface area contributed by atoms with Crippen LogP contribution in [0.4, 0.5) is 4.39 Å². The first-order chi connectivity index (χ1) is 9.58. The van der Waals surface area contributed by atoms with E-state index in [0.717, 1.165) is 30.2 Å². The molecule has 0 amide bonds. The Labute approximate surface area is 129 Å². The van der Waals surface area contributed by atoms with Crippen molar-refractivity contribution >= 4 is 31.6 Å². The average Bonchev–Trinajstić information content (AvgIpc) is 2.36. The van der Waals surface area contributed by atoms with Crippen molar-refractivity contribution in [2.45, 2.75) is 16.7 Å². The van der Waals surface area contributed by atoms with Crippen LogP contribution in [0.25, 0.3) is 0 Å². The van der Waals surface area contributed by atoms with Gasteiger partial charge in [0.25, 0.3) is 0 Å². The van der Waals surface area contributed by atoms with E-state index in [1.54, 1.807) is 11.8 Å². The second-order valence-corrected chi connectivity index (χ2v) is 9.44. The molecule has 120 valence electrons. The van der Waals surface area contributed by atoms with Crippen molar-refractivity contribution in [1.29, 1.82) is 0 Å². The summed E-state index contributed by atoms with van der Waals surface area (Å²) < 4.78 is 63.1. The van der Waals surface area contributed by atoms with Crippen molar-refractivity contribution in [2.75, 3.05) is 24.8 Å². The number of halogens is 1. The van der Waals surface area contributed by atoms with Gasteiger partial charge in [0.05, 0.1) is 4.90 Å². The maximum absolute atomic E-state index is 13.7. The van der Waals surface area contributed by atoms with E-state index < -0.39 is 30.6 Å². The number of nitrogens with one attached hydrogen (secondary N) is 1. The molecular weight excluding hydrogens is 337 g/mol. The maximum atomic E-state index is 13.7. The fraction of sp³-hybridized carbons (Fsp3) is 0.500. The molecule has 9 heteroatoms. The standard InChI is InChI=1S/C12H18FNO4S3/c1-9(8-19-2)7-14-21(17,18)12-6-10(20(3,15)16)4-5-11(12)13/h4-6,9,14H,7-8H2,1-3H3. The van der Waals surface area contributed by atoms with E-state index in [2.05, 4.69) is 4.72 Å². The quantitative estimate of drug-likeness (QED) is 0.750. The molecular formula is C12H18FNO4S3. The van der Waals surface area contributed by atoms with Gasteiger partial charge in [-0.3, -0.25) is 0 Å². The van der Waals surface area contributed by atoms with Gasteiger partial charge in [-0.1, -0.05) is 6.92 Å². The summed E-state index contributed by atoms with van der Waals surface area (Å²) in [6.07, 6.45) is 2.84. The third-order valence-electron chi connectivity index (χ3n) is 2.69. The van der Waals surface area contributed by atoms with Gasteiger partial charge in [-0.05, 0) is 36.1 Å². The van der Waals surface area contributed by atoms with Crippen molar-refractivity contribution in [3.05, 3.63) is 24.0 Å². The Bertz CT molecular complexity index is 701. The number of thioether (sulfide) groups is 1. The summed E-state index contributed by atoms with van der Waals surface area (Å²) in [6, 6.07) is 2.72. The summed E-state index contributed by atoms with van der Waals surface area (Å²) in [5.74, 6) is -0.141. The van der Waals surface area contributed by atoms with Gasteiger partial charge in [0.2, 0.25) is 10.0 Å². The third-order valence-corrected chi connectivity index (χ3v) is 6.14. The lowest BCUT2D eigenvalue weighted by Gasteiger charge is -2.12. The summed E-state index contributed by atoms with van der Waals surface area (Å²) >= 11 is 1.58. The van der Waals surface area contributed by atoms with Gasteiger partial charge < -0.3 is 0 Å². The zero-order valence-electron chi connectivity index (χ0n) is 12.0.